The molecular weight excluding hydrogens is 222 g/mol. The van der Waals surface area contributed by atoms with Gasteiger partial charge in [0.25, 0.3) is 0 Å². The van der Waals surface area contributed by atoms with Gasteiger partial charge in [0.2, 0.25) is 0 Å². The van der Waals surface area contributed by atoms with Gasteiger partial charge in [-0.25, -0.2) is 0 Å². The molecule has 2 unspecified atom stereocenters. The number of nitrogens with two attached hydrogens (primary N) is 1. The molecule has 0 aliphatic carbocycles. The monoisotopic (exact) mass is 241 g/mol. The lowest BCUT2D eigenvalue weighted by atomic mass is 9.91. The van der Waals surface area contributed by atoms with E-state index in [1.807, 2.05) is 25.1 Å². The van der Waals surface area contributed by atoms with E-state index < -0.39 is 6.10 Å². The summed E-state index contributed by atoms with van der Waals surface area (Å²) in [5.74, 6) is 0.0873. The van der Waals surface area contributed by atoms with E-state index in [1.165, 1.54) is 0 Å². The molecule has 0 spiro atoms. The van der Waals surface area contributed by atoms with Crippen molar-refractivity contribution in [2.45, 2.75) is 32.8 Å². The molecule has 2 atom stereocenters. The van der Waals surface area contributed by atoms with Crippen molar-refractivity contribution in [3.05, 3.63) is 34.3 Å². The number of aryl methyl sites for hydroxylation is 1. The average molecular weight is 242 g/mol. The fourth-order valence-corrected chi connectivity index (χ4v) is 2.17. The second-order valence-corrected chi connectivity index (χ2v) is 4.59. The summed E-state index contributed by atoms with van der Waals surface area (Å²) in [6, 6.07) is 5.73. The van der Waals surface area contributed by atoms with Crippen LogP contribution in [0.4, 0.5) is 0 Å². The van der Waals surface area contributed by atoms with E-state index in [2.05, 4.69) is 6.92 Å². The van der Waals surface area contributed by atoms with Gasteiger partial charge in [0, 0.05) is 10.9 Å². The van der Waals surface area contributed by atoms with Gasteiger partial charge in [-0.3, -0.25) is 0 Å². The summed E-state index contributed by atoms with van der Waals surface area (Å²) in [6.07, 6.45) is 1.38. The maximum absolute atomic E-state index is 10.3. The first-order valence-corrected chi connectivity index (χ1v) is 6.12. The Labute approximate surface area is 102 Å². The van der Waals surface area contributed by atoms with Crippen molar-refractivity contribution in [3.63, 3.8) is 0 Å². The predicted molar refractivity (Wildman–Crippen MR) is 68.6 cm³/mol. The van der Waals surface area contributed by atoms with Gasteiger partial charge < -0.3 is 10.8 Å². The van der Waals surface area contributed by atoms with Crippen LogP contribution in [0.2, 0.25) is 5.02 Å². The van der Waals surface area contributed by atoms with Crippen molar-refractivity contribution in [2.75, 3.05) is 6.54 Å². The molecule has 16 heavy (non-hydrogen) atoms. The van der Waals surface area contributed by atoms with Crippen LogP contribution >= 0.6 is 11.6 Å². The molecule has 0 saturated carbocycles. The first-order valence-electron chi connectivity index (χ1n) is 5.75. The second kappa shape index (κ2) is 6.24. The standard InChI is InChI=1S/C13H20ClNO/c1-3-5-10(8-15)13(16)11-7-4-6-9(2)12(11)14/h4,6-7,10,13,16H,3,5,8,15H2,1-2H3. The zero-order valence-electron chi connectivity index (χ0n) is 9.91. The highest BCUT2D eigenvalue weighted by Crippen LogP contribution is 2.31. The molecule has 1 rings (SSSR count). The fourth-order valence-electron chi connectivity index (χ4n) is 1.93. The third-order valence-electron chi connectivity index (χ3n) is 2.95. The van der Waals surface area contributed by atoms with Crippen molar-refractivity contribution in [2.24, 2.45) is 11.7 Å². The highest BCUT2D eigenvalue weighted by atomic mass is 35.5. The van der Waals surface area contributed by atoms with Gasteiger partial charge in [-0.2, -0.15) is 0 Å². The van der Waals surface area contributed by atoms with Crippen LogP contribution in [-0.2, 0) is 0 Å². The minimum atomic E-state index is -0.558. The van der Waals surface area contributed by atoms with E-state index in [-0.39, 0.29) is 5.92 Å². The lowest BCUT2D eigenvalue weighted by Crippen LogP contribution is -2.22. The van der Waals surface area contributed by atoms with Gasteiger partial charge in [-0.1, -0.05) is 43.1 Å². The summed E-state index contributed by atoms with van der Waals surface area (Å²) in [5, 5.41) is 10.9. The minimum Gasteiger partial charge on any atom is -0.388 e. The first kappa shape index (κ1) is 13.5. The Hall–Kier alpha value is -0.570. The van der Waals surface area contributed by atoms with Crippen molar-refractivity contribution < 1.29 is 5.11 Å². The second-order valence-electron chi connectivity index (χ2n) is 4.21. The Kier molecular flexibility index (Phi) is 5.26. The predicted octanol–water partition coefficient (Wildman–Crippen LogP) is 3.06. The summed E-state index contributed by atoms with van der Waals surface area (Å²) >= 11 is 6.19. The third kappa shape index (κ3) is 2.97. The number of hydrogen-bond acceptors (Lipinski definition) is 2. The van der Waals surface area contributed by atoms with Gasteiger partial charge >= 0.3 is 0 Å². The summed E-state index contributed by atoms with van der Waals surface area (Å²) in [7, 11) is 0. The van der Waals surface area contributed by atoms with Crippen molar-refractivity contribution in [1.29, 1.82) is 0 Å². The SMILES string of the molecule is CCCC(CN)C(O)c1cccc(C)c1Cl. The van der Waals surface area contributed by atoms with E-state index in [0.29, 0.717) is 11.6 Å². The highest BCUT2D eigenvalue weighted by Gasteiger charge is 2.21. The number of rotatable bonds is 5. The number of aliphatic hydroxyl groups excluding tert-OH is 1. The molecule has 0 amide bonds. The smallest absolute Gasteiger partial charge is 0.0844 e. The Morgan fingerprint density at radius 3 is 2.69 bits per heavy atom. The quantitative estimate of drug-likeness (QED) is 0.832. The van der Waals surface area contributed by atoms with Crippen LogP contribution in [0, 0.1) is 12.8 Å². The average Bonchev–Trinajstić information content (AvgIpc) is 2.29. The molecule has 0 aromatic heterocycles. The Morgan fingerprint density at radius 1 is 1.44 bits per heavy atom. The number of benzene rings is 1. The molecule has 0 aliphatic rings. The lowest BCUT2D eigenvalue weighted by molar-refractivity contribution is 0.107. The highest BCUT2D eigenvalue weighted by molar-refractivity contribution is 6.32. The van der Waals surface area contributed by atoms with Crippen molar-refractivity contribution in [3.8, 4) is 0 Å². The molecular formula is C13H20ClNO. The Bertz CT molecular complexity index is 341. The number of aliphatic hydroxyl groups is 1. The zero-order chi connectivity index (χ0) is 12.1. The molecule has 90 valence electrons. The molecule has 0 saturated heterocycles. The largest absolute Gasteiger partial charge is 0.388 e. The molecule has 1 aromatic carbocycles. The molecule has 1 aromatic rings. The topological polar surface area (TPSA) is 46.2 Å². The van der Waals surface area contributed by atoms with Crippen LogP contribution in [0.3, 0.4) is 0 Å². The lowest BCUT2D eigenvalue weighted by Gasteiger charge is -2.22. The van der Waals surface area contributed by atoms with Crippen LogP contribution in [0.15, 0.2) is 18.2 Å². The third-order valence-corrected chi connectivity index (χ3v) is 3.47. The maximum atomic E-state index is 10.3. The number of halogens is 1. The maximum Gasteiger partial charge on any atom is 0.0844 e. The normalized spacial score (nSPS) is 14.8. The Morgan fingerprint density at radius 2 is 2.12 bits per heavy atom. The van der Waals surface area contributed by atoms with Gasteiger partial charge in [-0.15, -0.1) is 0 Å². The molecule has 0 fully saturated rings. The van der Waals surface area contributed by atoms with E-state index >= 15 is 0 Å². The van der Waals surface area contributed by atoms with Crippen LogP contribution in [0.25, 0.3) is 0 Å². The van der Waals surface area contributed by atoms with Crippen molar-refractivity contribution >= 4 is 11.6 Å². The number of hydrogen-bond donors (Lipinski definition) is 2. The van der Waals surface area contributed by atoms with Crippen LogP contribution < -0.4 is 5.73 Å². The molecule has 3 N–H and O–H groups in total. The van der Waals surface area contributed by atoms with Gasteiger partial charge in [0.05, 0.1) is 6.10 Å². The minimum absolute atomic E-state index is 0.0873. The fraction of sp³-hybridized carbons (Fsp3) is 0.538. The molecule has 0 bridgehead atoms. The summed E-state index contributed by atoms with van der Waals surface area (Å²) in [4.78, 5) is 0. The van der Waals surface area contributed by atoms with E-state index in [9.17, 15) is 5.11 Å². The molecule has 2 nitrogen and oxygen atoms in total. The summed E-state index contributed by atoms with van der Waals surface area (Å²) < 4.78 is 0. The molecule has 0 radical (unpaired) electrons. The van der Waals surface area contributed by atoms with E-state index in [4.69, 9.17) is 17.3 Å². The summed E-state index contributed by atoms with van der Waals surface area (Å²) in [6.45, 7) is 4.52. The zero-order valence-corrected chi connectivity index (χ0v) is 10.7. The van der Waals surface area contributed by atoms with E-state index in [1.54, 1.807) is 0 Å². The van der Waals surface area contributed by atoms with Crippen LogP contribution in [0.5, 0.6) is 0 Å². The van der Waals surface area contributed by atoms with Gasteiger partial charge in [0.15, 0.2) is 0 Å². The molecule has 0 aliphatic heterocycles. The molecule has 3 heteroatoms. The van der Waals surface area contributed by atoms with E-state index in [0.717, 1.165) is 24.0 Å². The van der Waals surface area contributed by atoms with Crippen LogP contribution in [0.1, 0.15) is 37.0 Å². The van der Waals surface area contributed by atoms with Gasteiger partial charge in [0.1, 0.15) is 0 Å². The molecule has 0 heterocycles. The first-order chi connectivity index (χ1) is 7.61. The van der Waals surface area contributed by atoms with Gasteiger partial charge in [-0.05, 0) is 31.0 Å². The van der Waals surface area contributed by atoms with Crippen LogP contribution in [-0.4, -0.2) is 11.7 Å². The van der Waals surface area contributed by atoms with Crippen molar-refractivity contribution in [1.82, 2.24) is 0 Å². The summed E-state index contributed by atoms with van der Waals surface area (Å²) in [5.41, 5.74) is 7.47. The Balaban J connectivity index is 2.94.